The number of nitrogens with zero attached hydrogens (tertiary/aromatic N) is 4. The molecule has 1 N–H and O–H groups in total. The van der Waals surface area contributed by atoms with E-state index in [2.05, 4.69) is 36.2 Å². The lowest BCUT2D eigenvalue weighted by Gasteiger charge is -1.99. The molecule has 32 heavy (non-hydrogen) atoms. The number of rotatable bonds is 5. The Morgan fingerprint density at radius 3 is 2.22 bits per heavy atom. The topological polar surface area (TPSA) is 75.4 Å². The number of nitrogens with one attached hydrogen (secondary N) is 1. The molecule has 8 heteroatoms. The fraction of sp³-hybridized carbons (Fsp3) is 0. The van der Waals surface area contributed by atoms with Gasteiger partial charge < -0.3 is 0 Å². The lowest BCUT2D eigenvalue weighted by Crippen LogP contribution is -2.13. The third-order valence-corrected chi connectivity index (χ3v) is 6.29. The van der Waals surface area contributed by atoms with E-state index in [0.29, 0.717) is 16.5 Å². The molecule has 5 aromatic rings. The van der Waals surface area contributed by atoms with Crippen molar-refractivity contribution < 1.29 is 0 Å². The monoisotopic (exact) mass is 501 g/mol. The summed E-state index contributed by atoms with van der Waals surface area (Å²) in [6, 6.07) is 26.9. The van der Waals surface area contributed by atoms with Gasteiger partial charge in [-0.25, -0.2) is 4.98 Å². The highest BCUT2D eigenvalue weighted by Crippen LogP contribution is 2.31. The summed E-state index contributed by atoms with van der Waals surface area (Å²) >= 11 is 4.85. The molecule has 6 nitrogen and oxygen atoms in total. The number of aromatic nitrogens is 3. The summed E-state index contributed by atoms with van der Waals surface area (Å²) in [7, 11) is 0. The molecule has 0 saturated heterocycles. The molecule has 0 unspecified atom stereocenters. The summed E-state index contributed by atoms with van der Waals surface area (Å²) in [6.45, 7) is 0. The largest absolute Gasteiger partial charge is 0.301 e. The molecule has 0 radical (unpaired) electrons. The quantitative estimate of drug-likeness (QED) is 0.260. The highest BCUT2D eigenvalue weighted by molar-refractivity contribution is 9.10. The van der Waals surface area contributed by atoms with Gasteiger partial charge in [-0.1, -0.05) is 72.8 Å². The van der Waals surface area contributed by atoms with Crippen LogP contribution in [0.3, 0.4) is 0 Å². The van der Waals surface area contributed by atoms with Crippen LogP contribution < -0.4 is 5.56 Å². The Morgan fingerprint density at radius 1 is 0.844 bits per heavy atom. The lowest BCUT2D eigenvalue weighted by molar-refractivity contribution is 0.843. The van der Waals surface area contributed by atoms with Crippen LogP contribution in [0.25, 0.3) is 27.6 Å². The minimum atomic E-state index is -0.311. The summed E-state index contributed by atoms with van der Waals surface area (Å²) in [5.74, 6) is 0. The zero-order valence-corrected chi connectivity index (χ0v) is 19.0. The lowest BCUT2D eigenvalue weighted by atomic mass is 10.1. The van der Waals surface area contributed by atoms with Crippen LogP contribution in [-0.2, 0) is 0 Å². The first-order valence-electron chi connectivity index (χ1n) is 9.79. The van der Waals surface area contributed by atoms with Crippen molar-refractivity contribution in [1.82, 2.24) is 14.8 Å². The van der Waals surface area contributed by atoms with Crippen LogP contribution >= 0.6 is 27.3 Å². The molecule has 2 aromatic heterocycles. The van der Waals surface area contributed by atoms with Gasteiger partial charge >= 0.3 is 5.56 Å². The molecule has 0 bridgehead atoms. The van der Waals surface area contributed by atoms with Crippen LogP contribution in [0.15, 0.2) is 110 Å². The number of azo groups is 1. The van der Waals surface area contributed by atoms with Gasteiger partial charge in [-0.3, -0.25) is 9.89 Å². The van der Waals surface area contributed by atoms with Gasteiger partial charge in [0, 0.05) is 21.0 Å². The summed E-state index contributed by atoms with van der Waals surface area (Å²) in [6.07, 6.45) is 0. The summed E-state index contributed by atoms with van der Waals surface area (Å²) in [4.78, 5) is 18.0. The minimum absolute atomic E-state index is 0.225. The Morgan fingerprint density at radius 2 is 1.50 bits per heavy atom. The van der Waals surface area contributed by atoms with E-state index in [0.717, 1.165) is 21.3 Å². The Balaban J connectivity index is 1.62. The Hall–Kier alpha value is -3.62. The minimum Gasteiger partial charge on any atom is -0.286 e. The van der Waals surface area contributed by atoms with Crippen LogP contribution in [0.5, 0.6) is 0 Å². The SMILES string of the molecule is O=c1c(N=Nc2ccccc2Br)c(-c2ccccc2)[nH]n1-c1nc(-c2ccccc2)cs1. The average Bonchev–Trinajstić information content (AvgIpc) is 3.45. The highest BCUT2D eigenvalue weighted by atomic mass is 79.9. The number of aromatic amines is 1. The van der Waals surface area contributed by atoms with E-state index in [9.17, 15) is 4.79 Å². The van der Waals surface area contributed by atoms with Crippen molar-refractivity contribution in [3.8, 4) is 27.6 Å². The van der Waals surface area contributed by atoms with Gasteiger partial charge in [-0.2, -0.15) is 4.68 Å². The number of hydrogen-bond acceptors (Lipinski definition) is 5. The summed E-state index contributed by atoms with van der Waals surface area (Å²) < 4.78 is 2.22. The second-order valence-corrected chi connectivity index (χ2v) is 8.57. The first kappa shape index (κ1) is 20.3. The standard InChI is InChI=1S/C24H16BrN5OS/c25-18-13-7-8-14-19(18)27-28-22-21(17-11-5-2-6-12-17)29-30(23(22)31)24-26-20(15-32-24)16-9-3-1-4-10-16/h1-15,29H. The van der Waals surface area contributed by atoms with Gasteiger partial charge in [0.15, 0.2) is 5.69 Å². The number of thiazole rings is 1. The second-order valence-electron chi connectivity index (χ2n) is 6.87. The fourth-order valence-corrected chi connectivity index (χ4v) is 4.36. The summed E-state index contributed by atoms with van der Waals surface area (Å²) in [5.41, 5.74) is 3.78. The second kappa shape index (κ2) is 8.86. The molecule has 0 atom stereocenters. The van der Waals surface area contributed by atoms with Gasteiger partial charge in [0.2, 0.25) is 5.13 Å². The Kier molecular flexibility index (Phi) is 5.62. The molecule has 0 fully saturated rings. The molecule has 0 aliphatic carbocycles. The maximum Gasteiger partial charge on any atom is 0.301 e. The van der Waals surface area contributed by atoms with Crippen molar-refractivity contribution in [1.29, 1.82) is 0 Å². The zero-order chi connectivity index (χ0) is 21.9. The van der Waals surface area contributed by atoms with Gasteiger partial charge in [-0.05, 0) is 28.1 Å². The van der Waals surface area contributed by atoms with Gasteiger partial charge in [0.25, 0.3) is 0 Å². The first-order valence-corrected chi connectivity index (χ1v) is 11.5. The molecule has 0 amide bonds. The highest BCUT2D eigenvalue weighted by Gasteiger charge is 2.19. The Labute approximate surface area is 196 Å². The third-order valence-electron chi connectivity index (χ3n) is 4.79. The summed E-state index contributed by atoms with van der Waals surface area (Å²) in [5, 5.41) is 14.3. The molecular weight excluding hydrogens is 486 g/mol. The van der Waals surface area contributed by atoms with Crippen LogP contribution in [-0.4, -0.2) is 14.8 Å². The maximum atomic E-state index is 13.3. The smallest absolute Gasteiger partial charge is 0.286 e. The molecular formula is C24H16BrN5OS. The third kappa shape index (κ3) is 3.98. The van der Waals surface area contributed by atoms with E-state index in [4.69, 9.17) is 0 Å². The molecule has 5 rings (SSSR count). The van der Waals surface area contributed by atoms with Crippen molar-refractivity contribution in [2.24, 2.45) is 10.2 Å². The van der Waals surface area contributed by atoms with Crippen LogP contribution in [0.4, 0.5) is 11.4 Å². The van der Waals surface area contributed by atoms with E-state index in [1.54, 1.807) is 0 Å². The molecule has 0 aliphatic heterocycles. The molecule has 0 saturated carbocycles. The normalized spacial score (nSPS) is 11.3. The van der Waals surface area contributed by atoms with Gasteiger partial charge in [0.05, 0.1) is 17.1 Å². The van der Waals surface area contributed by atoms with E-state index < -0.39 is 0 Å². The first-order chi connectivity index (χ1) is 15.7. The van der Waals surface area contributed by atoms with E-state index in [-0.39, 0.29) is 11.2 Å². The number of halogens is 1. The van der Waals surface area contributed by atoms with E-state index in [1.165, 1.54) is 16.0 Å². The Bertz CT molecular complexity index is 1450. The fourth-order valence-electron chi connectivity index (χ4n) is 3.21. The zero-order valence-electron chi connectivity index (χ0n) is 16.6. The van der Waals surface area contributed by atoms with E-state index >= 15 is 0 Å². The van der Waals surface area contributed by atoms with Crippen molar-refractivity contribution in [2.75, 3.05) is 0 Å². The number of H-pyrrole nitrogens is 1. The van der Waals surface area contributed by atoms with Gasteiger partial charge in [0.1, 0.15) is 0 Å². The van der Waals surface area contributed by atoms with Crippen molar-refractivity contribution in [2.45, 2.75) is 0 Å². The maximum absolute atomic E-state index is 13.3. The van der Waals surface area contributed by atoms with Crippen LogP contribution in [0.1, 0.15) is 0 Å². The predicted molar refractivity (Wildman–Crippen MR) is 131 cm³/mol. The molecule has 156 valence electrons. The average molecular weight is 502 g/mol. The number of hydrogen-bond donors (Lipinski definition) is 1. The van der Waals surface area contributed by atoms with Crippen molar-refractivity contribution in [3.63, 3.8) is 0 Å². The van der Waals surface area contributed by atoms with E-state index in [1.807, 2.05) is 90.3 Å². The molecule has 3 aromatic carbocycles. The molecule has 0 aliphatic rings. The molecule has 2 heterocycles. The predicted octanol–water partition coefficient (Wildman–Crippen LogP) is 7.13. The number of benzene rings is 3. The van der Waals surface area contributed by atoms with Crippen LogP contribution in [0, 0.1) is 0 Å². The van der Waals surface area contributed by atoms with Crippen molar-refractivity contribution >= 4 is 38.6 Å². The van der Waals surface area contributed by atoms with Gasteiger partial charge in [-0.15, -0.1) is 21.6 Å². The van der Waals surface area contributed by atoms with Crippen LogP contribution in [0.2, 0.25) is 0 Å². The molecule has 0 spiro atoms. The van der Waals surface area contributed by atoms with Crippen molar-refractivity contribution in [3.05, 3.63) is 105 Å².